The number of rotatable bonds is 5. The Morgan fingerprint density at radius 3 is 2.57 bits per heavy atom. The maximum absolute atomic E-state index is 12.1. The molecule has 0 aromatic heterocycles. The lowest BCUT2D eigenvalue weighted by Crippen LogP contribution is -2.35. The van der Waals surface area contributed by atoms with Crippen molar-refractivity contribution in [2.45, 2.75) is 51.6 Å². The van der Waals surface area contributed by atoms with Crippen LogP contribution in [0.2, 0.25) is 0 Å². The fourth-order valence-electron chi connectivity index (χ4n) is 4.40. The molecule has 2 aliphatic rings. The van der Waals surface area contributed by atoms with Gasteiger partial charge in [-0.3, -0.25) is 0 Å². The number of likely N-dealkylation sites (tertiary alicyclic amines) is 1. The molecule has 1 aromatic carbocycles. The van der Waals surface area contributed by atoms with Crippen molar-refractivity contribution < 1.29 is 24.2 Å². The highest BCUT2D eigenvalue weighted by Gasteiger charge is 2.48. The fourth-order valence-corrected chi connectivity index (χ4v) is 4.40. The predicted molar refractivity (Wildman–Crippen MR) is 106 cm³/mol. The van der Waals surface area contributed by atoms with E-state index in [1.165, 1.54) is 20.0 Å². The van der Waals surface area contributed by atoms with Crippen LogP contribution in [0.25, 0.3) is 0 Å². The second-order valence-electron chi connectivity index (χ2n) is 7.94. The van der Waals surface area contributed by atoms with Gasteiger partial charge < -0.3 is 24.3 Å². The molecule has 2 atom stereocenters. The van der Waals surface area contributed by atoms with E-state index < -0.39 is 5.41 Å². The summed E-state index contributed by atoms with van der Waals surface area (Å²) in [4.78, 5) is 13.8. The first-order chi connectivity index (χ1) is 13.4. The highest BCUT2D eigenvalue weighted by molar-refractivity contribution is 5.89. The Balaban J connectivity index is 1.95. The summed E-state index contributed by atoms with van der Waals surface area (Å²) in [6.07, 6.45) is 4.32. The summed E-state index contributed by atoms with van der Waals surface area (Å²) >= 11 is 0. The molecule has 1 amide bonds. The lowest BCUT2D eigenvalue weighted by atomic mass is 9.73. The molecule has 0 spiro atoms. The molecule has 1 unspecified atom stereocenters. The van der Waals surface area contributed by atoms with Gasteiger partial charge in [0.15, 0.2) is 11.5 Å². The van der Waals surface area contributed by atoms with Crippen LogP contribution in [0.3, 0.4) is 0 Å². The summed E-state index contributed by atoms with van der Waals surface area (Å²) < 4.78 is 16.6. The molecule has 0 bridgehead atoms. The van der Waals surface area contributed by atoms with Crippen molar-refractivity contribution in [3.63, 3.8) is 0 Å². The van der Waals surface area contributed by atoms with Crippen LogP contribution in [0.4, 0.5) is 4.79 Å². The Labute approximate surface area is 166 Å². The lowest BCUT2D eigenvalue weighted by Gasteiger charge is -2.30. The molecule has 1 N–H and O–H groups in total. The van der Waals surface area contributed by atoms with Crippen LogP contribution in [0.1, 0.15) is 51.0 Å². The third-order valence-electron chi connectivity index (χ3n) is 6.29. The first-order valence-corrected chi connectivity index (χ1v) is 9.79. The SMILES string of the molecule is COC(=O)N1CC(c2ccc(OC)c(OC3CCCC3)c2)[C@@](C)(/C(C)=N\O)C1. The summed E-state index contributed by atoms with van der Waals surface area (Å²) in [5.74, 6) is 1.37. The van der Waals surface area contributed by atoms with Crippen molar-refractivity contribution in [1.29, 1.82) is 0 Å². The molecule has 1 aliphatic heterocycles. The molecule has 2 fully saturated rings. The molecule has 1 saturated heterocycles. The number of methoxy groups -OCH3 is 2. The van der Waals surface area contributed by atoms with Crippen LogP contribution in [-0.4, -0.2) is 55.3 Å². The summed E-state index contributed by atoms with van der Waals surface area (Å²) in [7, 11) is 3.01. The maximum atomic E-state index is 12.1. The first kappa shape index (κ1) is 20.3. The second kappa shape index (κ2) is 8.29. The molecule has 7 heteroatoms. The zero-order chi connectivity index (χ0) is 20.3. The van der Waals surface area contributed by atoms with Crippen LogP contribution >= 0.6 is 0 Å². The van der Waals surface area contributed by atoms with Crippen molar-refractivity contribution in [2.75, 3.05) is 27.3 Å². The predicted octanol–water partition coefficient (Wildman–Crippen LogP) is 4.04. The Morgan fingerprint density at radius 2 is 1.96 bits per heavy atom. The van der Waals surface area contributed by atoms with Gasteiger partial charge in [-0.15, -0.1) is 0 Å². The average Bonchev–Trinajstić information content (AvgIpc) is 3.35. The third kappa shape index (κ3) is 3.75. The second-order valence-corrected chi connectivity index (χ2v) is 7.94. The van der Waals surface area contributed by atoms with Crippen molar-refractivity contribution in [3.05, 3.63) is 23.8 Å². The highest BCUT2D eigenvalue weighted by atomic mass is 16.5. The zero-order valence-corrected chi connectivity index (χ0v) is 17.1. The summed E-state index contributed by atoms with van der Waals surface area (Å²) in [6.45, 7) is 4.70. The van der Waals surface area contributed by atoms with E-state index in [0.717, 1.165) is 24.2 Å². The number of hydrogen-bond acceptors (Lipinski definition) is 6. The third-order valence-corrected chi connectivity index (χ3v) is 6.29. The highest BCUT2D eigenvalue weighted by Crippen LogP contribution is 2.46. The minimum absolute atomic E-state index is 0.0562. The standard InChI is InChI=1S/C21H30N2O5/c1-14(22-25)21(2)13-23(20(24)27-4)12-17(21)15-9-10-18(26-3)19(11-15)28-16-7-5-6-8-16/h9-11,16-17,25H,5-8,12-13H2,1-4H3/b22-14-/t17?,21-/m1/s1. The number of benzene rings is 1. The average molecular weight is 390 g/mol. The van der Waals surface area contributed by atoms with E-state index in [1.54, 1.807) is 18.9 Å². The van der Waals surface area contributed by atoms with Crippen LogP contribution in [0, 0.1) is 5.41 Å². The van der Waals surface area contributed by atoms with E-state index in [9.17, 15) is 10.0 Å². The first-order valence-electron chi connectivity index (χ1n) is 9.79. The molecule has 154 valence electrons. The number of carbonyl (C=O) groups is 1. The molecule has 1 heterocycles. The van der Waals surface area contributed by atoms with Crippen LogP contribution in [0.5, 0.6) is 11.5 Å². The maximum Gasteiger partial charge on any atom is 0.409 e. The summed E-state index contributed by atoms with van der Waals surface area (Å²) in [5, 5.41) is 12.9. The fraction of sp³-hybridized carbons (Fsp3) is 0.619. The number of carbonyl (C=O) groups excluding carboxylic acids is 1. The largest absolute Gasteiger partial charge is 0.493 e. The molecule has 1 aliphatic carbocycles. The van der Waals surface area contributed by atoms with E-state index in [0.29, 0.717) is 24.6 Å². The van der Waals surface area contributed by atoms with Crippen molar-refractivity contribution in [3.8, 4) is 11.5 Å². The minimum Gasteiger partial charge on any atom is -0.493 e. The van der Waals surface area contributed by atoms with Crippen LogP contribution < -0.4 is 9.47 Å². The molecule has 1 aromatic rings. The molecular formula is C21H30N2O5. The molecule has 28 heavy (non-hydrogen) atoms. The van der Waals surface area contributed by atoms with E-state index in [4.69, 9.17) is 14.2 Å². The molecule has 3 rings (SSSR count). The Kier molecular flexibility index (Phi) is 6.01. The quantitative estimate of drug-likeness (QED) is 0.466. The Morgan fingerprint density at radius 1 is 1.25 bits per heavy atom. The molecule has 7 nitrogen and oxygen atoms in total. The minimum atomic E-state index is -0.512. The molecule has 0 radical (unpaired) electrons. The van der Waals surface area contributed by atoms with Gasteiger partial charge in [-0.2, -0.15) is 0 Å². The van der Waals surface area contributed by atoms with Gasteiger partial charge in [-0.25, -0.2) is 4.79 Å². The smallest absolute Gasteiger partial charge is 0.409 e. The normalized spacial score (nSPS) is 25.8. The summed E-state index contributed by atoms with van der Waals surface area (Å²) in [6, 6.07) is 5.91. The molecular weight excluding hydrogens is 360 g/mol. The van der Waals surface area contributed by atoms with Gasteiger partial charge in [-0.05, 0) is 50.3 Å². The van der Waals surface area contributed by atoms with Gasteiger partial charge in [0.05, 0.1) is 26.0 Å². The number of oxime groups is 1. The number of hydrogen-bond donors (Lipinski definition) is 1. The van der Waals surface area contributed by atoms with E-state index in [2.05, 4.69) is 5.16 Å². The van der Waals surface area contributed by atoms with Gasteiger partial charge in [0, 0.05) is 24.4 Å². The Bertz CT molecular complexity index is 744. The van der Waals surface area contributed by atoms with Gasteiger partial charge in [0.25, 0.3) is 0 Å². The monoisotopic (exact) mass is 390 g/mol. The number of ether oxygens (including phenoxy) is 3. The summed E-state index contributed by atoms with van der Waals surface area (Å²) in [5.41, 5.74) is 1.09. The van der Waals surface area contributed by atoms with E-state index >= 15 is 0 Å². The van der Waals surface area contributed by atoms with Crippen molar-refractivity contribution >= 4 is 11.8 Å². The van der Waals surface area contributed by atoms with Crippen molar-refractivity contribution in [2.24, 2.45) is 10.6 Å². The van der Waals surface area contributed by atoms with E-state index in [-0.39, 0.29) is 18.1 Å². The van der Waals surface area contributed by atoms with E-state index in [1.807, 2.05) is 25.1 Å². The molecule has 1 saturated carbocycles. The lowest BCUT2D eigenvalue weighted by molar-refractivity contribution is 0.130. The number of nitrogens with zero attached hydrogens (tertiary/aromatic N) is 2. The van der Waals surface area contributed by atoms with Gasteiger partial charge in [-0.1, -0.05) is 18.1 Å². The van der Waals surface area contributed by atoms with Gasteiger partial charge in [0.2, 0.25) is 0 Å². The number of amides is 1. The topological polar surface area (TPSA) is 80.6 Å². The Hall–Kier alpha value is -2.44. The zero-order valence-electron chi connectivity index (χ0n) is 17.1. The van der Waals surface area contributed by atoms with Crippen LogP contribution in [-0.2, 0) is 4.74 Å². The van der Waals surface area contributed by atoms with Gasteiger partial charge in [0.1, 0.15) is 0 Å². The van der Waals surface area contributed by atoms with Gasteiger partial charge >= 0.3 is 6.09 Å². The van der Waals surface area contributed by atoms with Crippen molar-refractivity contribution in [1.82, 2.24) is 4.90 Å². The van der Waals surface area contributed by atoms with Crippen LogP contribution in [0.15, 0.2) is 23.4 Å².